The van der Waals surface area contributed by atoms with Gasteiger partial charge in [-0.25, -0.2) is 13.1 Å². The summed E-state index contributed by atoms with van der Waals surface area (Å²) in [6, 6.07) is 7.31. The third kappa shape index (κ3) is 3.33. The standard InChI is InChI=1S/C13H18BrNO2S/c1-9(10(2)14)11-3-7-13(8-4-11)18(16,17)15-12-5-6-12/h3-4,7-10,12,15H,5-6H2,1-2H3. The molecule has 1 saturated carbocycles. The Kier molecular flexibility index (Phi) is 4.14. The van der Waals surface area contributed by atoms with Crippen molar-refractivity contribution in [3.63, 3.8) is 0 Å². The quantitative estimate of drug-likeness (QED) is 0.843. The van der Waals surface area contributed by atoms with Crippen molar-refractivity contribution < 1.29 is 8.42 Å². The largest absolute Gasteiger partial charge is 0.240 e. The molecule has 5 heteroatoms. The molecule has 1 fully saturated rings. The van der Waals surface area contributed by atoms with Crippen molar-refractivity contribution in [2.75, 3.05) is 0 Å². The maximum atomic E-state index is 12.0. The van der Waals surface area contributed by atoms with Crippen LogP contribution in [-0.2, 0) is 10.0 Å². The molecule has 1 aliphatic carbocycles. The van der Waals surface area contributed by atoms with Crippen LogP contribution in [-0.4, -0.2) is 19.3 Å². The van der Waals surface area contributed by atoms with Gasteiger partial charge in [0.1, 0.15) is 0 Å². The van der Waals surface area contributed by atoms with E-state index >= 15 is 0 Å². The minimum Gasteiger partial charge on any atom is -0.208 e. The van der Waals surface area contributed by atoms with Gasteiger partial charge < -0.3 is 0 Å². The van der Waals surface area contributed by atoms with E-state index in [0.717, 1.165) is 18.4 Å². The highest BCUT2D eigenvalue weighted by Crippen LogP contribution is 2.26. The number of benzene rings is 1. The molecular weight excluding hydrogens is 314 g/mol. The second-order valence-electron chi connectivity index (χ2n) is 4.93. The lowest BCUT2D eigenvalue weighted by molar-refractivity contribution is 0.581. The molecule has 0 radical (unpaired) electrons. The van der Waals surface area contributed by atoms with Gasteiger partial charge in [0.05, 0.1) is 4.90 Å². The van der Waals surface area contributed by atoms with Gasteiger partial charge in [-0.15, -0.1) is 0 Å². The monoisotopic (exact) mass is 331 g/mol. The molecule has 3 nitrogen and oxygen atoms in total. The lowest BCUT2D eigenvalue weighted by Crippen LogP contribution is -2.25. The summed E-state index contributed by atoms with van der Waals surface area (Å²) >= 11 is 3.54. The summed E-state index contributed by atoms with van der Waals surface area (Å²) in [7, 11) is -3.32. The molecule has 100 valence electrons. The molecule has 0 aliphatic heterocycles. The van der Waals surface area contributed by atoms with Crippen LogP contribution in [0.5, 0.6) is 0 Å². The second-order valence-corrected chi connectivity index (χ2v) is 8.09. The fourth-order valence-electron chi connectivity index (χ4n) is 1.70. The first-order chi connectivity index (χ1) is 8.40. The average Bonchev–Trinajstić information content (AvgIpc) is 3.11. The third-order valence-electron chi connectivity index (χ3n) is 3.30. The van der Waals surface area contributed by atoms with E-state index in [9.17, 15) is 8.42 Å². The molecule has 18 heavy (non-hydrogen) atoms. The van der Waals surface area contributed by atoms with Crippen molar-refractivity contribution in [1.29, 1.82) is 0 Å². The second kappa shape index (κ2) is 5.31. The summed E-state index contributed by atoms with van der Waals surface area (Å²) in [6.45, 7) is 4.20. The first kappa shape index (κ1) is 14.0. The smallest absolute Gasteiger partial charge is 0.208 e. The van der Waals surface area contributed by atoms with Gasteiger partial charge in [-0.2, -0.15) is 0 Å². The molecule has 0 aromatic heterocycles. The molecular formula is C13H18BrNO2S. The number of hydrogen-bond acceptors (Lipinski definition) is 2. The SMILES string of the molecule is CC(Br)C(C)c1ccc(S(=O)(=O)NC2CC2)cc1. The highest BCUT2D eigenvalue weighted by molar-refractivity contribution is 9.09. The van der Waals surface area contributed by atoms with E-state index in [4.69, 9.17) is 0 Å². The molecule has 1 aliphatic rings. The Morgan fingerprint density at radius 3 is 2.22 bits per heavy atom. The number of nitrogens with one attached hydrogen (secondary N) is 1. The van der Waals surface area contributed by atoms with E-state index in [1.54, 1.807) is 12.1 Å². The maximum Gasteiger partial charge on any atom is 0.240 e. The van der Waals surface area contributed by atoms with Crippen molar-refractivity contribution in [1.82, 2.24) is 4.72 Å². The topological polar surface area (TPSA) is 46.2 Å². The molecule has 2 rings (SSSR count). The van der Waals surface area contributed by atoms with Crippen molar-refractivity contribution in [2.24, 2.45) is 0 Å². The van der Waals surface area contributed by atoms with Gasteiger partial charge in [-0.05, 0) is 36.5 Å². The molecule has 0 heterocycles. The van der Waals surface area contributed by atoms with Gasteiger partial charge in [0.25, 0.3) is 0 Å². The van der Waals surface area contributed by atoms with Gasteiger partial charge in [-0.1, -0.05) is 41.9 Å². The number of rotatable bonds is 5. The van der Waals surface area contributed by atoms with Crippen molar-refractivity contribution in [2.45, 2.75) is 48.4 Å². The van der Waals surface area contributed by atoms with Crippen LogP contribution in [0.25, 0.3) is 0 Å². The fourth-order valence-corrected chi connectivity index (χ4v) is 3.31. The highest BCUT2D eigenvalue weighted by atomic mass is 79.9. The molecule has 2 atom stereocenters. The lowest BCUT2D eigenvalue weighted by Gasteiger charge is -2.15. The van der Waals surface area contributed by atoms with Crippen LogP contribution in [0.15, 0.2) is 29.2 Å². The highest BCUT2D eigenvalue weighted by Gasteiger charge is 2.27. The van der Waals surface area contributed by atoms with Gasteiger partial charge in [0.15, 0.2) is 0 Å². The van der Waals surface area contributed by atoms with E-state index in [0.29, 0.717) is 15.6 Å². The molecule has 0 saturated heterocycles. The first-order valence-electron chi connectivity index (χ1n) is 6.16. The molecule has 1 aromatic carbocycles. The molecule has 2 unspecified atom stereocenters. The van der Waals surface area contributed by atoms with Crippen molar-refractivity contribution in [3.8, 4) is 0 Å². The van der Waals surface area contributed by atoms with Crippen LogP contribution in [0, 0.1) is 0 Å². The van der Waals surface area contributed by atoms with Gasteiger partial charge in [0.2, 0.25) is 10.0 Å². The number of alkyl halides is 1. The van der Waals surface area contributed by atoms with Crippen LogP contribution in [0.4, 0.5) is 0 Å². The normalized spacial score (nSPS) is 19.5. The Labute approximate surface area is 117 Å². The van der Waals surface area contributed by atoms with Gasteiger partial charge in [-0.3, -0.25) is 0 Å². The van der Waals surface area contributed by atoms with Crippen LogP contribution in [0.2, 0.25) is 0 Å². The average molecular weight is 332 g/mol. The zero-order chi connectivity index (χ0) is 13.3. The van der Waals surface area contributed by atoms with Crippen molar-refractivity contribution in [3.05, 3.63) is 29.8 Å². The van der Waals surface area contributed by atoms with Gasteiger partial charge >= 0.3 is 0 Å². The number of sulfonamides is 1. The number of halogens is 1. The van der Waals surface area contributed by atoms with Crippen LogP contribution >= 0.6 is 15.9 Å². The minimum absolute atomic E-state index is 0.149. The van der Waals surface area contributed by atoms with E-state index in [1.165, 1.54) is 0 Å². The Balaban J connectivity index is 2.16. The van der Waals surface area contributed by atoms with Crippen LogP contribution < -0.4 is 4.72 Å². The third-order valence-corrected chi connectivity index (χ3v) is 5.63. The summed E-state index contributed by atoms with van der Waals surface area (Å²) in [5.74, 6) is 0.359. The lowest BCUT2D eigenvalue weighted by atomic mass is 9.99. The van der Waals surface area contributed by atoms with E-state index in [1.807, 2.05) is 12.1 Å². The van der Waals surface area contributed by atoms with Crippen LogP contribution in [0.3, 0.4) is 0 Å². The van der Waals surface area contributed by atoms with E-state index in [-0.39, 0.29) is 6.04 Å². The molecule has 0 bridgehead atoms. The van der Waals surface area contributed by atoms with E-state index in [2.05, 4.69) is 34.5 Å². The summed E-state index contributed by atoms with van der Waals surface area (Å²) in [5.41, 5.74) is 1.14. The van der Waals surface area contributed by atoms with E-state index < -0.39 is 10.0 Å². The fraction of sp³-hybridized carbons (Fsp3) is 0.538. The molecule has 0 amide bonds. The summed E-state index contributed by atoms with van der Waals surface area (Å²) < 4.78 is 26.6. The Bertz CT molecular complexity index is 506. The predicted octanol–water partition coefficient (Wildman–Crippen LogP) is 3.01. The zero-order valence-corrected chi connectivity index (χ0v) is 13.0. The van der Waals surface area contributed by atoms with Crippen molar-refractivity contribution >= 4 is 26.0 Å². The number of hydrogen-bond donors (Lipinski definition) is 1. The van der Waals surface area contributed by atoms with Crippen LogP contribution in [0.1, 0.15) is 38.2 Å². The predicted molar refractivity (Wildman–Crippen MR) is 76.6 cm³/mol. The Hall–Kier alpha value is -0.390. The minimum atomic E-state index is -3.32. The first-order valence-corrected chi connectivity index (χ1v) is 8.56. The molecule has 0 spiro atoms. The molecule has 1 aromatic rings. The zero-order valence-electron chi connectivity index (χ0n) is 10.6. The maximum absolute atomic E-state index is 12.0. The Morgan fingerprint density at radius 2 is 1.78 bits per heavy atom. The van der Waals surface area contributed by atoms with Gasteiger partial charge in [0, 0.05) is 10.9 Å². The molecule has 1 N–H and O–H groups in total. The summed E-state index contributed by atoms with van der Waals surface area (Å²) in [6.07, 6.45) is 1.91. The Morgan fingerprint density at radius 1 is 1.22 bits per heavy atom. The summed E-state index contributed by atoms with van der Waals surface area (Å²) in [4.78, 5) is 0.720. The summed E-state index contributed by atoms with van der Waals surface area (Å²) in [5, 5.41) is 0.